The van der Waals surface area contributed by atoms with Gasteiger partial charge in [-0.05, 0) is 30.7 Å². The molecule has 5 nitrogen and oxygen atoms in total. The number of carbonyl (C=O) groups excluding carboxylic acids is 1. The van der Waals surface area contributed by atoms with Crippen LogP contribution in [0.25, 0.3) is 0 Å². The van der Waals surface area contributed by atoms with Crippen LogP contribution in [0.3, 0.4) is 0 Å². The number of nitrogens with one attached hydrogen (secondary N) is 1. The van der Waals surface area contributed by atoms with E-state index in [2.05, 4.69) is 15.5 Å². The zero-order valence-electron chi connectivity index (χ0n) is 9.25. The zero-order chi connectivity index (χ0) is 12.1. The molecule has 0 aromatic carbocycles. The van der Waals surface area contributed by atoms with Crippen LogP contribution >= 0.6 is 0 Å². The molecule has 0 radical (unpaired) electrons. The molecule has 0 aliphatic carbocycles. The normalized spacial score (nSPS) is 10.6. The largest absolute Gasteiger partial charge is 0.469 e. The Balaban J connectivity index is 1.98. The van der Waals surface area contributed by atoms with Gasteiger partial charge in [0.25, 0.3) is 5.91 Å². The first kappa shape index (κ1) is 11.1. The maximum atomic E-state index is 11.6. The lowest BCUT2D eigenvalue weighted by atomic mass is 10.2. The predicted octanol–water partition coefficient (Wildman–Crippen LogP) is 1.75. The van der Waals surface area contributed by atoms with Crippen molar-refractivity contribution >= 4 is 12.1 Å². The molecule has 0 bridgehead atoms. The van der Waals surface area contributed by atoms with E-state index in [9.17, 15) is 4.79 Å². The Morgan fingerprint density at radius 2 is 2.18 bits per heavy atom. The second-order valence-corrected chi connectivity index (χ2v) is 3.37. The van der Waals surface area contributed by atoms with Crippen LogP contribution in [0.2, 0.25) is 0 Å². The highest BCUT2D eigenvalue weighted by Gasteiger charge is 2.09. The van der Waals surface area contributed by atoms with Gasteiger partial charge in [-0.25, -0.2) is 5.43 Å². The second kappa shape index (κ2) is 5.07. The van der Waals surface area contributed by atoms with Crippen LogP contribution in [0.5, 0.6) is 0 Å². The maximum absolute atomic E-state index is 11.6. The molecular formula is C12H11N3O2. The fourth-order valence-electron chi connectivity index (χ4n) is 1.30. The Bertz CT molecular complexity index is 532. The van der Waals surface area contributed by atoms with Crippen LogP contribution in [0.4, 0.5) is 0 Å². The number of carbonyl (C=O) groups is 1. The van der Waals surface area contributed by atoms with Crippen LogP contribution in [0, 0.1) is 6.92 Å². The van der Waals surface area contributed by atoms with E-state index in [0.29, 0.717) is 11.3 Å². The van der Waals surface area contributed by atoms with Crippen molar-refractivity contribution in [2.75, 3.05) is 0 Å². The highest BCUT2D eigenvalue weighted by atomic mass is 16.3. The van der Waals surface area contributed by atoms with Gasteiger partial charge in [0.1, 0.15) is 5.76 Å². The Kier molecular flexibility index (Phi) is 3.30. The van der Waals surface area contributed by atoms with Gasteiger partial charge in [-0.15, -0.1) is 0 Å². The van der Waals surface area contributed by atoms with Crippen LogP contribution in [-0.2, 0) is 0 Å². The number of rotatable bonds is 3. The van der Waals surface area contributed by atoms with Crippen LogP contribution in [-0.4, -0.2) is 17.1 Å². The summed E-state index contributed by atoms with van der Waals surface area (Å²) in [4.78, 5) is 15.5. The van der Waals surface area contributed by atoms with E-state index in [4.69, 9.17) is 4.42 Å². The molecule has 5 heteroatoms. The van der Waals surface area contributed by atoms with Gasteiger partial charge in [0.05, 0.1) is 18.0 Å². The number of aryl methyl sites for hydroxylation is 1. The summed E-state index contributed by atoms with van der Waals surface area (Å²) in [6, 6.07) is 5.18. The molecule has 2 heterocycles. The molecule has 0 aliphatic rings. The number of hydrogen-bond acceptors (Lipinski definition) is 4. The lowest BCUT2D eigenvalue weighted by Gasteiger charge is -1.97. The van der Waals surface area contributed by atoms with Crippen molar-refractivity contribution in [2.24, 2.45) is 5.10 Å². The zero-order valence-corrected chi connectivity index (χ0v) is 9.25. The van der Waals surface area contributed by atoms with Crippen LogP contribution in [0.1, 0.15) is 21.7 Å². The number of aromatic nitrogens is 1. The first-order chi connectivity index (χ1) is 8.27. The first-order valence-electron chi connectivity index (χ1n) is 5.05. The van der Waals surface area contributed by atoms with E-state index in [-0.39, 0.29) is 5.91 Å². The monoisotopic (exact) mass is 229 g/mol. The molecule has 86 valence electrons. The molecule has 0 aliphatic heterocycles. The summed E-state index contributed by atoms with van der Waals surface area (Å²) in [6.45, 7) is 1.72. The Labute approximate surface area is 98.2 Å². The van der Waals surface area contributed by atoms with E-state index < -0.39 is 0 Å². The Morgan fingerprint density at radius 3 is 2.82 bits per heavy atom. The van der Waals surface area contributed by atoms with Gasteiger partial charge in [0.2, 0.25) is 0 Å². The maximum Gasteiger partial charge on any atom is 0.274 e. The molecule has 1 N–H and O–H groups in total. The van der Waals surface area contributed by atoms with E-state index in [1.165, 1.54) is 6.26 Å². The van der Waals surface area contributed by atoms with Crippen molar-refractivity contribution in [1.82, 2.24) is 10.4 Å². The lowest BCUT2D eigenvalue weighted by Crippen LogP contribution is -2.17. The number of nitrogens with zero attached hydrogens (tertiary/aromatic N) is 2. The highest BCUT2D eigenvalue weighted by molar-refractivity contribution is 5.95. The van der Waals surface area contributed by atoms with Gasteiger partial charge in [0, 0.05) is 12.4 Å². The van der Waals surface area contributed by atoms with E-state index in [0.717, 1.165) is 5.56 Å². The lowest BCUT2D eigenvalue weighted by molar-refractivity contribution is 0.0953. The molecule has 17 heavy (non-hydrogen) atoms. The summed E-state index contributed by atoms with van der Waals surface area (Å²) >= 11 is 0. The number of hydrogen-bond donors (Lipinski definition) is 1. The molecule has 0 saturated heterocycles. The summed E-state index contributed by atoms with van der Waals surface area (Å²) < 4.78 is 5.03. The standard InChI is InChI=1S/C12H11N3O2/c1-9-11(4-7-17-9)12(16)15-14-8-10-2-5-13-6-3-10/h2-8H,1H3,(H,15,16). The van der Waals surface area contributed by atoms with Gasteiger partial charge < -0.3 is 4.42 Å². The third-order valence-corrected chi connectivity index (χ3v) is 2.19. The molecule has 2 rings (SSSR count). The van der Waals surface area contributed by atoms with Crippen molar-refractivity contribution in [1.29, 1.82) is 0 Å². The Hall–Kier alpha value is -2.43. The fraction of sp³-hybridized carbons (Fsp3) is 0.0833. The third-order valence-electron chi connectivity index (χ3n) is 2.19. The van der Waals surface area contributed by atoms with Crippen LogP contribution in [0.15, 0.2) is 46.4 Å². The smallest absolute Gasteiger partial charge is 0.274 e. The number of amides is 1. The predicted molar refractivity (Wildman–Crippen MR) is 62.7 cm³/mol. The van der Waals surface area contributed by atoms with Crippen molar-refractivity contribution in [3.8, 4) is 0 Å². The third kappa shape index (κ3) is 2.78. The minimum Gasteiger partial charge on any atom is -0.469 e. The minimum absolute atomic E-state index is 0.290. The molecule has 2 aromatic heterocycles. The van der Waals surface area contributed by atoms with Crippen molar-refractivity contribution in [3.05, 3.63) is 53.7 Å². The fourth-order valence-corrected chi connectivity index (χ4v) is 1.30. The molecule has 0 fully saturated rings. The summed E-state index contributed by atoms with van der Waals surface area (Å²) in [5.74, 6) is 0.281. The quantitative estimate of drug-likeness (QED) is 0.644. The average Bonchev–Trinajstić information content (AvgIpc) is 2.77. The summed E-state index contributed by atoms with van der Waals surface area (Å²) in [7, 11) is 0. The Morgan fingerprint density at radius 1 is 1.41 bits per heavy atom. The van der Waals surface area contributed by atoms with Crippen LogP contribution < -0.4 is 5.43 Å². The summed E-state index contributed by atoms with van der Waals surface area (Å²) in [5.41, 5.74) is 3.77. The van der Waals surface area contributed by atoms with E-state index >= 15 is 0 Å². The van der Waals surface area contributed by atoms with Crippen molar-refractivity contribution < 1.29 is 9.21 Å². The van der Waals surface area contributed by atoms with Gasteiger partial charge in [-0.1, -0.05) is 0 Å². The van der Waals surface area contributed by atoms with Crippen molar-refractivity contribution in [3.63, 3.8) is 0 Å². The van der Waals surface area contributed by atoms with Crippen molar-refractivity contribution in [2.45, 2.75) is 6.92 Å². The SMILES string of the molecule is Cc1occc1C(=O)NN=Cc1ccncc1. The second-order valence-electron chi connectivity index (χ2n) is 3.37. The molecule has 2 aromatic rings. The van der Waals surface area contributed by atoms with Gasteiger partial charge in [-0.2, -0.15) is 5.10 Å². The van der Waals surface area contributed by atoms with E-state index in [1.807, 2.05) is 0 Å². The van der Waals surface area contributed by atoms with Gasteiger partial charge >= 0.3 is 0 Å². The molecule has 0 saturated carbocycles. The number of pyridine rings is 1. The van der Waals surface area contributed by atoms with Gasteiger partial charge in [-0.3, -0.25) is 9.78 Å². The summed E-state index contributed by atoms with van der Waals surface area (Å²) in [6.07, 6.45) is 6.33. The molecular weight excluding hydrogens is 218 g/mol. The molecule has 1 amide bonds. The van der Waals surface area contributed by atoms with Gasteiger partial charge in [0.15, 0.2) is 0 Å². The minimum atomic E-state index is -0.290. The topological polar surface area (TPSA) is 67.5 Å². The number of furan rings is 1. The van der Waals surface area contributed by atoms with E-state index in [1.54, 1.807) is 43.7 Å². The highest BCUT2D eigenvalue weighted by Crippen LogP contribution is 2.07. The number of hydrazone groups is 1. The molecule has 0 spiro atoms. The summed E-state index contributed by atoms with van der Waals surface area (Å²) in [5, 5.41) is 3.84. The molecule has 0 unspecified atom stereocenters. The first-order valence-corrected chi connectivity index (χ1v) is 5.05. The molecule has 0 atom stereocenters. The average molecular weight is 229 g/mol.